The number of nitrogens with two attached hydrogens (primary N) is 1. The topological polar surface area (TPSA) is 238 Å². The third-order valence-electron chi connectivity index (χ3n) is 11.9. The van der Waals surface area contributed by atoms with Crippen molar-refractivity contribution >= 4 is 57.5 Å². The Bertz CT molecular complexity index is 2950. The van der Waals surface area contributed by atoms with Gasteiger partial charge in [-0.05, 0) is 79.1 Å². The van der Waals surface area contributed by atoms with Crippen LogP contribution in [-0.4, -0.2) is 90.5 Å². The van der Waals surface area contributed by atoms with E-state index >= 15 is 0 Å². The lowest BCUT2D eigenvalue weighted by molar-refractivity contribution is 0.0978. The number of aromatic nitrogens is 10. The first-order chi connectivity index (χ1) is 35.2. The van der Waals surface area contributed by atoms with E-state index in [2.05, 4.69) is 130 Å². The molecule has 6 heterocycles. The number of thiazole rings is 2. The maximum atomic E-state index is 12.7. The van der Waals surface area contributed by atoms with Crippen molar-refractivity contribution in [2.45, 2.75) is 133 Å². The maximum Gasteiger partial charge on any atom is 0.227 e. The standard InChI is InChI=1S/C28H34N6O2S.C27H33N7O2S.2CH4/c1-18(17-35)15-34-16-22(13-31-34)32-27-29-11-10-23(33-27)21-7-6-20(19(2)12-21)8-9-24(36)25-14-30-26(37-25)28(3,4)5;1-17-11-19(6-5-18(17)7-8-23(36)24-13-30-25(37-24)27(2,3)4)22-9-10-29-26(33-22)32-21-12-31-34(15-21)14-20(28)16-35;;/h6-7,10-14,16,18,35H,8-9,15,17H2,1-5H3,(H,29,32,33);5-6,9-13,15,20,35H,7-8,14,16,28H2,1-4H3,(H,29,32,33);2*1H4/t18-;20-;;/m00../s1. The van der Waals surface area contributed by atoms with Gasteiger partial charge in [-0.15, -0.1) is 22.7 Å². The number of aryl methyl sites for hydroxylation is 4. The smallest absolute Gasteiger partial charge is 0.227 e. The Morgan fingerprint density at radius 3 is 1.45 bits per heavy atom. The predicted molar refractivity (Wildman–Crippen MR) is 307 cm³/mol. The fourth-order valence-electron chi connectivity index (χ4n) is 7.66. The minimum absolute atomic E-state index is 0. The molecule has 0 spiro atoms. The Kier molecular flexibility index (Phi) is 21.1. The second-order valence-electron chi connectivity index (χ2n) is 20.6. The van der Waals surface area contributed by atoms with Gasteiger partial charge in [0.25, 0.3) is 0 Å². The van der Waals surface area contributed by atoms with Crippen LogP contribution in [0.25, 0.3) is 22.5 Å². The van der Waals surface area contributed by atoms with E-state index in [-0.39, 0.29) is 62.4 Å². The van der Waals surface area contributed by atoms with Gasteiger partial charge in [-0.1, -0.05) is 87.6 Å². The van der Waals surface area contributed by atoms with Gasteiger partial charge in [-0.25, -0.2) is 29.9 Å². The third-order valence-corrected chi connectivity index (χ3v) is 14.8. The van der Waals surface area contributed by atoms with Crippen LogP contribution in [0.5, 0.6) is 0 Å². The Labute approximate surface area is 455 Å². The highest BCUT2D eigenvalue weighted by molar-refractivity contribution is 7.14. The molecule has 6 N–H and O–H groups in total. The summed E-state index contributed by atoms with van der Waals surface area (Å²) < 4.78 is 3.46. The summed E-state index contributed by atoms with van der Waals surface area (Å²) in [6.07, 6.45) is 16.2. The molecule has 0 aliphatic heterocycles. The van der Waals surface area contributed by atoms with E-state index in [1.165, 1.54) is 22.7 Å². The van der Waals surface area contributed by atoms with Crippen LogP contribution in [0.4, 0.5) is 23.3 Å². The number of hydrogen-bond acceptors (Lipinski definition) is 17. The lowest BCUT2D eigenvalue weighted by atomic mass is 9.98. The summed E-state index contributed by atoms with van der Waals surface area (Å²) in [7, 11) is 0. The molecule has 404 valence electrons. The molecule has 0 bridgehead atoms. The van der Waals surface area contributed by atoms with Crippen molar-refractivity contribution in [1.29, 1.82) is 0 Å². The van der Waals surface area contributed by atoms with Gasteiger partial charge in [0.1, 0.15) is 0 Å². The second kappa shape index (κ2) is 26.7. The van der Waals surface area contributed by atoms with Crippen LogP contribution in [0.15, 0.2) is 98.1 Å². The van der Waals surface area contributed by atoms with Crippen molar-refractivity contribution in [2.24, 2.45) is 11.7 Å². The van der Waals surface area contributed by atoms with Gasteiger partial charge in [0.15, 0.2) is 11.6 Å². The highest BCUT2D eigenvalue weighted by Gasteiger charge is 2.22. The summed E-state index contributed by atoms with van der Waals surface area (Å²) in [6.45, 7) is 19.8. The average Bonchev–Trinajstić information content (AvgIpc) is 4.22. The molecule has 2 aromatic carbocycles. The van der Waals surface area contributed by atoms with Gasteiger partial charge in [0.2, 0.25) is 11.9 Å². The molecule has 0 unspecified atom stereocenters. The lowest BCUT2D eigenvalue weighted by Crippen LogP contribution is -2.29. The van der Waals surface area contributed by atoms with E-state index in [1.807, 2.05) is 37.4 Å². The van der Waals surface area contributed by atoms with Crippen molar-refractivity contribution < 1.29 is 19.8 Å². The van der Waals surface area contributed by atoms with Gasteiger partial charge in [-0.2, -0.15) is 10.2 Å². The SMILES string of the molecule is C.C.Cc1cc(-c2ccnc(Nc3cnn(C[C@H](C)CO)c3)n2)ccc1CCC(=O)c1cnc(C(C)(C)C)s1.Cc1cc(-c2ccnc(Nc3cnn(C[C@H](N)CO)c3)n2)ccc1CCC(=O)c1cnc(C(C)(C)C)s1. The molecule has 0 saturated carbocycles. The van der Waals surface area contributed by atoms with Crippen molar-refractivity contribution in [3.8, 4) is 22.5 Å². The molecule has 0 amide bonds. The van der Waals surface area contributed by atoms with Crippen LogP contribution in [0.2, 0.25) is 0 Å². The quantitative estimate of drug-likeness (QED) is 0.0446. The van der Waals surface area contributed by atoms with Crippen LogP contribution in [0, 0.1) is 19.8 Å². The number of rotatable bonds is 20. The molecule has 76 heavy (non-hydrogen) atoms. The Morgan fingerprint density at radius 1 is 0.632 bits per heavy atom. The highest BCUT2D eigenvalue weighted by Crippen LogP contribution is 2.30. The van der Waals surface area contributed by atoms with Crippen LogP contribution in [-0.2, 0) is 36.8 Å². The molecule has 0 aliphatic carbocycles. The van der Waals surface area contributed by atoms with Crippen molar-refractivity contribution in [3.05, 3.63) is 140 Å². The van der Waals surface area contributed by atoms with Crippen molar-refractivity contribution in [3.63, 3.8) is 0 Å². The first-order valence-corrected chi connectivity index (χ1v) is 26.3. The number of benzene rings is 2. The predicted octanol–water partition coefficient (Wildman–Crippen LogP) is 11.1. The number of ketones is 2. The summed E-state index contributed by atoms with van der Waals surface area (Å²) in [6, 6.07) is 15.8. The van der Waals surface area contributed by atoms with E-state index in [0.29, 0.717) is 50.7 Å². The zero-order chi connectivity index (χ0) is 53.2. The Morgan fingerprint density at radius 2 is 1.07 bits per heavy atom. The third kappa shape index (κ3) is 16.5. The van der Waals surface area contributed by atoms with Gasteiger partial charge in [-0.3, -0.25) is 19.0 Å². The fourth-order valence-corrected chi connectivity index (χ4v) is 9.54. The monoisotopic (exact) mass is 1070 g/mol. The molecular weight excluding hydrogens is 995 g/mol. The number of carbonyl (C=O) groups is 2. The van der Waals surface area contributed by atoms with Crippen molar-refractivity contribution in [1.82, 2.24) is 49.5 Å². The number of anilines is 4. The fraction of sp³-hybridized carbons (Fsp3) is 0.404. The van der Waals surface area contributed by atoms with Crippen LogP contribution < -0.4 is 16.4 Å². The van der Waals surface area contributed by atoms with Gasteiger partial charge in [0.05, 0.1) is 68.1 Å². The summed E-state index contributed by atoms with van der Waals surface area (Å²) in [5, 5.41) is 35.3. The number of nitrogens with zero attached hydrogens (tertiary/aromatic N) is 10. The van der Waals surface area contributed by atoms with Crippen LogP contribution in [0.1, 0.15) is 128 Å². The highest BCUT2D eigenvalue weighted by atomic mass is 32.1. The molecule has 0 radical (unpaired) electrons. The summed E-state index contributed by atoms with van der Waals surface area (Å²) in [4.78, 5) is 53.8. The van der Waals surface area contributed by atoms with Crippen LogP contribution in [0.3, 0.4) is 0 Å². The summed E-state index contributed by atoms with van der Waals surface area (Å²) in [5.41, 5.74) is 15.3. The van der Waals surface area contributed by atoms with Gasteiger partial charge >= 0.3 is 0 Å². The number of Topliss-reactive ketones (excluding diaryl/α,β-unsaturated/α-hetero) is 2. The van der Waals surface area contributed by atoms with Gasteiger partial charge < -0.3 is 26.6 Å². The van der Waals surface area contributed by atoms with Gasteiger partial charge in [0, 0.05) is 91.2 Å². The minimum Gasteiger partial charge on any atom is -0.396 e. The molecule has 0 saturated heterocycles. The molecule has 0 aliphatic rings. The molecule has 2 atom stereocenters. The second-order valence-corrected chi connectivity index (χ2v) is 22.7. The van der Waals surface area contributed by atoms with E-state index < -0.39 is 0 Å². The van der Waals surface area contributed by atoms with E-state index in [1.54, 1.807) is 52.7 Å². The van der Waals surface area contributed by atoms with Crippen molar-refractivity contribution in [2.75, 3.05) is 23.8 Å². The molecule has 0 fully saturated rings. The maximum absolute atomic E-state index is 12.7. The average molecular weight is 1070 g/mol. The lowest BCUT2D eigenvalue weighted by Gasteiger charge is -2.13. The Balaban J connectivity index is 0.000000274. The molecule has 6 aromatic heterocycles. The minimum atomic E-state index is -0.370. The van der Waals surface area contributed by atoms with E-state index in [0.717, 1.165) is 75.9 Å². The number of hydrogen-bond donors (Lipinski definition) is 5. The molecule has 8 aromatic rings. The van der Waals surface area contributed by atoms with E-state index in [4.69, 9.17) is 10.8 Å². The number of aliphatic hydroxyl groups is 2. The Hall–Kier alpha value is -6.90. The molecular formula is C57H75N13O4S2. The zero-order valence-corrected chi connectivity index (χ0v) is 45.3. The number of aliphatic hydroxyl groups excluding tert-OH is 2. The molecule has 17 nitrogen and oxygen atoms in total. The normalized spacial score (nSPS) is 12.2. The first-order valence-electron chi connectivity index (χ1n) is 24.7. The largest absolute Gasteiger partial charge is 0.396 e. The first kappa shape index (κ1) is 60.0. The summed E-state index contributed by atoms with van der Waals surface area (Å²) >= 11 is 2.99. The number of carbonyl (C=O) groups excluding carboxylic acids is 2. The van der Waals surface area contributed by atoms with E-state index in [9.17, 15) is 14.7 Å². The summed E-state index contributed by atoms with van der Waals surface area (Å²) in [5.74, 6) is 1.33. The van der Waals surface area contributed by atoms with Crippen LogP contribution >= 0.6 is 22.7 Å². The molecule has 19 heteroatoms. The zero-order valence-electron chi connectivity index (χ0n) is 43.6. The number of nitrogens with one attached hydrogen (secondary N) is 2. The molecule has 8 rings (SSSR count).